The van der Waals surface area contributed by atoms with E-state index in [4.69, 9.17) is 4.74 Å². The van der Waals surface area contributed by atoms with Crippen LogP contribution in [0.25, 0.3) is 0 Å². The molecule has 3 heteroatoms. The highest BCUT2D eigenvalue weighted by Crippen LogP contribution is 2.11. The van der Waals surface area contributed by atoms with Crippen LogP contribution in [0.15, 0.2) is 48.8 Å². The molecule has 1 aromatic heterocycles. The molecule has 0 spiro atoms. The molecule has 0 aliphatic rings. The number of aryl methyl sites for hydroxylation is 1. The average molecular weight is 241 g/mol. The van der Waals surface area contributed by atoms with Crippen LogP contribution >= 0.6 is 0 Å². The Balaban J connectivity index is 1.73. The van der Waals surface area contributed by atoms with E-state index in [-0.39, 0.29) is 0 Å². The molecule has 0 bridgehead atoms. The third-order valence-corrected chi connectivity index (χ3v) is 2.62. The van der Waals surface area contributed by atoms with Crippen molar-refractivity contribution in [1.29, 1.82) is 0 Å². The summed E-state index contributed by atoms with van der Waals surface area (Å²) in [6, 6.07) is 11.1. The summed E-state index contributed by atoms with van der Waals surface area (Å²) in [6.07, 6.45) is 6.38. The van der Waals surface area contributed by atoms with E-state index in [1.807, 2.05) is 24.4 Å². The van der Waals surface area contributed by atoms with Crippen LogP contribution in [0.2, 0.25) is 0 Å². The zero-order valence-corrected chi connectivity index (χ0v) is 10.1. The second-order valence-electron chi connectivity index (χ2n) is 4.00. The van der Waals surface area contributed by atoms with Gasteiger partial charge in [0.2, 0.25) is 0 Å². The fourth-order valence-corrected chi connectivity index (χ4v) is 1.65. The predicted octanol–water partition coefficient (Wildman–Crippen LogP) is 2.91. The highest BCUT2D eigenvalue weighted by atomic mass is 16.5. The van der Waals surface area contributed by atoms with Gasteiger partial charge in [0, 0.05) is 18.0 Å². The van der Waals surface area contributed by atoms with E-state index >= 15 is 0 Å². The highest BCUT2D eigenvalue weighted by molar-refractivity contribution is 5.74. The first kappa shape index (κ1) is 12.3. The molecule has 0 amide bonds. The van der Waals surface area contributed by atoms with Gasteiger partial charge in [-0.25, -0.2) is 0 Å². The topological polar surface area (TPSA) is 39.2 Å². The SMILES string of the molecule is O=Cc1ccc(OCCCc2cccnc2)cc1. The summed E-state index contributed by atoms with van der Waals surface area (Å²) in [5, 5.41) is 0. The van der Waals surface area contributed by atoms with Gasteiger partial charge in [-0.05, 0) is 48.7 Å². The first-order chi connectivity index (χ1) is 8.88. The lowest BCUT2D eigenvalue weighted by Gasteiger charge is -2.06. The number of hydrogen-bond acceptors (Lipinski definition) is 3. The van der Waals surface area contributed by atoms with Crippen molar-refractivity contribution in [3.63, 3.8) is 0 Å². The zero-order chi connectivity index (χ0) is 12.6. The fraction of sp³-hybridized carbons (Fsp3) is 0.200. The minimum Gasteiger partial charge on any atom is -0.494 e. The molecule has 92 valence electrons. The number of aldehydes is 1. The average Bonchev–Trinajstić information content (AvgIpc) is 2.45. The first-order valence-electron chi connectivity index (χ1n) is 5.95. The molecule has 0 unspecified atom stereocenters. The summed E-state index contributed by atoms with van der Waals surface area (Å²) < 4.78 is 5.59. The van der Waals surface area contributed by atoms with E-state index in [9.17, 15) is 4.79 Å². The van der Waals surface area contributed by atoms with E-state index < -0.39 is 0 Å². The Bertz CT molecular complexity index is 480. The molecular formula is C15H15NO2. The van der Waals surface area contributed by atoms with Crippen molar-refractivity contribution >= 4 is 6.29 Å². The number of ether oxygens (including phenoxy) is 1. The van der Waals surface area contributed by atoms with Crippen LogP contribution in [0.5, 0.6) is 5.75 Å². The van der Waals surface area contributed by atoms with Gasteiger partial charge < -0.3 is 4.74 Å². The van der Waals surface area contributed by atoms with Gasteiger partial charge in [0.05, 0.1) is 6.61 Å². The molecule has 3 nitrogen and oxygen atoms in total. The number of carbonyl (C=O) groups is 1. The first-order valence-corrected chi connectivity index (χ1v) is 5.95. The van der Waals surface area contributed by atoms with Crippen LogP contribution in [0.4, 0.5) is 0 Å². The van der Waals surface area contributed by atoms with Crippen LogP contribution in [-0.2, 0) is 6.42 Å². The van der Waals surface area contributed by atoms with Crippen molar-refractivity contribution < 1.29 is 9.53 Å². The van der Waals surface area contributed by atoms with Gasteiger partial charge in [0.15, 0.2) is 0 Å². The lowest BCUT2D eigenvalue weighted by atomic mass is 10.2. The van der Waals surface area contributed by atoms with Gasteiger partial charge in [-0.15, -0.1) is 0 Å². The fourth-order valence-electron chi connectivity index (χ4n) is 1.65. The summed E-state index contributed by atoms with van der Waals surface area (Å²) in [5.41, 5.74) is 1.88. The van der Waals surface area contributed by atoms with Gasteiger partial charge in [-0.3, -0.25) is 9.78 Å². The Morgan fingerprint density at radius 3 is 2.67 bits per heavy atom. The van der Waals surface area contributed by atoms with Crippen LogP contribution in [-0.4, -0.2) is 17.9 Å². The third kappa shape index (κ3) is 3.70. The number of benzene rings is 1. The van der Waals surface area contributed by atoms with Crippen molar-refractivity contribution in [3.8, 4) is 5.75 Å². The second kappa shape index (κ2) is 6.55. The lowest BCUT2D eigenvalue weighted by Crippen LogP contribution is -1.99. The van der Waals surface area contributed by atoms with Crippen molar-refractivity contribution in [2.75, 3.05) is 6.61 Å². The van der Waals surface area contributed by atoms with Gasteiger partial charge in [0.25, 0.3) is 0 Å². The molecule has 1 aromatic carbocycles. The quantitative estimate of drug-likeness (QED) is 0.576. The maximum absolute atomic E-state index is 10.5. The summed E-state index contributed by atoms with van der Waals surface area (Å²) >= 11 is 0. The normalized spacial score (nSPS) is 10.0. The molecule has 0 aliphatic heterocycles. The van der Waals surface area contributed by atoms with Crippen LogP contribution < -0.4 is 4.74 Å². The molecule has 0 atom stereocenters. The molecule has 0 saturated heterocycles. The number of pyridine rings is 1. The Morgan fingerprint density at radius 1 is 1.17 bits per heavy atom. The van der Waals surface area contributed by atoms with E-state index in [0.717, 1.165) is 24.9 Å². The molecule has 0 N–H and O–H groups in total. The van der Waals surface area contributed by atoms with Gasteiger partial charge in [-0.1, -0.05) is 6.07 Å². The molecule has 0 radical (unpaired) electrons. The molecule has 1 heterocycles. The van der Waals surface area contributed by atoms with Crippen molar-refractivity contribution in [2.24, 2.45) is 0 Å². The van der Waals surface area contributed by atoms with Crippen LogP contribution in [0.1, 0.15) is 22.3 Å². The number of rotatable bonds is 6. The van der Waals surface area contributed by atoms with Gasteiger partial charge >= 0.3 is 0 Å². The minimum atomic E-state index is 0.662. The molecular weight excluding hydrogens is 226 g/mol. The molecule has 2 rings (SSSR count). The molecule has 2 aromatic rings. The Labute approximate surface area is 106 Å². The predicted molar refractivity (Wildman–Crippen MR) is 69.9 cm³/mol. The highest BCUT2D eigenvalue weighted by Gasteiger charge is 1.96. The van der Waals surface area contributed by atoms with Crippen molar-refractivity contribution in [2.45, 2.75) is 12.8 Å². The standard InChI is InChI=1S/C15H15NO2/c17-12-14-5-7-15(8-6-14)18-10-2-4-13-3-1-9-16-11-13/h1,3,5-9,11-12H,2,4,10H2. The van der Waals surface area contributed by atoms with Gasteiger partial charge in [-0.2, -0.15) is 0 Å². The summed E-state index contributed by atoms with van der Waals surface area (Å²) in [5.74, 6) is 0.798. The Hall–Kier alpha value is -2.16. The molecule has 0 saturated carbocycles. The Kier molecular flexibility index (Phi) is 4.47. The van der Waals surface area contributed by atoms with Crippen LogP contribution in [0.3, 0.4) is 0 Å². The summed E-state index contributed by atoms with van der Waals surface area (Å²) in [6.45, 7) is 0.662. The lowest BCUT2D eigenvalue weighted by molar-refractivity contribution is 0.112. The van der Waals surface area contributed by atoms with Crippen LogP contribution in [0, 0.1) is 0 Å². The third-order valence-electron chi connectivity index (χ3n) is 2.62. The largest absolute Gasteiger partial charge is 0.494 e. The molecule has 0 fully saturated rings. The number of hydrogen-bond donors (Lipinski definition) is 0. The number of aromatic nitrogens is 1. The van der Waals surface area contributed by atoms with E-state index in [2.05, 4.69) is 11.1 Å². The maximum atomic E-state index is 10.5. The summed E-state index contributed by atoms with van der Waals surface area (Å²) in [4.78, 5) is 14.6. The maximum Gasteiger partial charge on any atom is 0.150 e. The van der Waals surface area contributed by atoms with E-state index in [1.165, 1.54) is 5.56 Å². The van der Waals surface area contributed by atoms with Gasteiger partial charge in [0.1, 0.15) is 12.0 Å². The van der Waals surface area contributed by atoms with E-state index in [0.29, 0.717) is 12.2 Å². The molecule has 0 aliphatic carbocycles. The van der Waals surface area contributed by atoms with E-state index in [1.54, 1.807) is 18.3 Å². The Morgan fingerprint density at radius 2 is 2.00 bits per heavy atom. The summed E-state index contributed by atoms with van der Waals surface area (Å²) in [7, 11) is 0. The number of carbonyl (C=O) groups excluding carboxylic acids is 1. The second-order valence-corrected chi connectivity index (χ2v) is 4.00. The number of nitrogens with zero attached hydrogens (tertiary/aromatic N) is 1. The monoisotopic (exact) mass is 241 g/mol. The zero-order valence-electron chi connectivity index (χ0n) is 10.1. The molecule has 18 heavy (non-hydrogen) atoms. The van der Waals surface area contributed by atoms with Crippen molar-refractivity contribution in [1.82, 2.24) is 4.98 Å². The minimum absolute atomic E-state index is 0.662. The smallest absolute Gasteiger partial charge is 0.150 e. The van der Waals surface area contributed by atoms with Crippen molar-refractivity contribution in [3.05, 3.63) is 59.9 Å².